The lowest BCUT2D eigenvalue weighted by atomic mass is 10.1. The van der Waals surface area contributed by atoms with Gasteiger partial charge in [0.25, 0.3) is 0 Å². The van der Waals surface area contributed by atoms with Crippen LogP contribution < -0.4 is 18.9 Å². The average Bonchev–Trinajstić information content (AvgIpc) is 4.22. The van der Waals surface area contributed by atoms with Crippen LogP contribution in [0.15, 0.2) is 92.4 Å². The van der Waals surface area contributed by atoms with Crippen LogP contribution in [0.25, 0.3) is 89.7 Å². The van der Waals surface area contributed by atoms with Gasteiger partial charge in [0.05, 0.1) is 19.6 Å². The first-order valence-corrected chi connectivity index (χ1v) is 30.1. The lowest BCUT2D eigenvalue weighted by Gasteiger charge is -2.08. The highest BCUT2D eigenvalue weighted by molar-refractivity contribution is 7.90. The number of hydrogen-bond acceptors (Lipinski definition) is 18. The second kappa shape index (κ2) is 22.5. The molecule has 28 nitrogen and oxygen atoms in total. The van der Waals surface area contributed by atoms with Gasteiger partial charge in [-0.05, 0) is 98.5 Å². The van der Waals surface area contributed by atoms with Crippen molar-refractivity contribution in [2.75, 3.05) is 26.2 Å². The van der Waals surface area contributed by atoms with Crippen molar-refractivity contribution in [3.63, 3.8) is 0 Å². The van der Waals surface area contributed by atoms with Gasteiger partial charge in [0.1, 0.15) is 22.6 Å². The van der Waals surface area contributed by atoms with E-state index in [1.165, 1.54) is 72.8 Å². The molecule has 2 aliphatic rings. The third kappa shape index (κ3) is 12.3. The maximum Gasteiger partial charge on any atom is 0.303 e. The van der Waals surface area contributed by atoms with Crippen molar-refractivity contribution in [1.29, 1.82) is 0 Å². The standard InChI is InChI=1S/C48H46N12O16S4/c61-37(62)5-1-17-49-77(69,70)25-9-13-29-33(21-25)45-53-41(29)58-46-35-23-27(79(73,74)51-19-3-7-39(65)66)11-15-31(35)43(55-46)60-48-36-24-28(80(75,76)52-20-4-8-40(67)68)12-16-32(36)44(56-48)59-47-34-22-26(10-14-30(34)42(54-47)57-45)78(71,72)50-18-2-6-38(63)64/h9-16,21-24,49-52H,1-8,17-20H2,(H,61,62)(H,63,64)(H,65,66)(H,67,68)(H2,53,54,55,56,57,58,59,60). The van der Waals surface area contributed by atoms with E-state index >= 15 is 0 Å². The van der Waals surface area contributed by atoms with Gasteiger partial charge in [-0.1, -0.05) is 0 Å². The number of aromatic nitrogens is 8. The minimum absolute atomic E-state index is 0.00310. The first kappa shape index (κ1) is 56.5. The molecular weight excluding hydrogens is 1130 g/mol. The van der Waals surface area contributed by atoms with Crippen LogP contribution in [0, 0.1) is 0 Å². The van der Waals surface area contributed by atoms with Crippen molar-refractivity contribution in [3.8, 4) is 45.6 Å². The molecule has 5 heterocycles. The molecule has 3 aromatic heterocycles. The monoisotopic (exact) mass is 1170 g/mol. The Morgan fingerprint density at radius 3 is 0.912 bits per heavy atom. The van der Waals surface area contributed by atoms with Crippen LogP contribution >= 0.6 is 0 Å². The van der Waals surface area contributed by atoms with E-state index < -0.39 is 64.0 Å². The van der Waals surface area contributed by atoms with Gasteiger partial charge in [-0.25, -0.2) is 82.5 Å². The van der Waals surface area contributed by atoms with Crippen molar-refractivity contribution >= 4 is 108 Å². The summed E-state index contributed by atoms with van der Waals surface area (Å²) in [5, 5.41) is 37.2. The van der Waals surface area contributed by atoms with E-state index in [9.17, 15) is 52.8 Å². The van der Waals surface area contributed by atoms with Crippen molar-refractivity contribution in [3.05, 3.63) is 72.8 Å². The third-order valence-electron chi connectivity index (χ3n) is 12.4. The highest BCUT2D eigenvalue weighted by Crippen LogP contribution is 2.39. The number of sulfonamides is 4. The normalized spacial score (nSPS) is 12.6. The summed E-state index contributed by atoms with van der Waals surface area (Å²) in [6.07, 6.45) is -1.31. The molecule has 0 fully saturated rings. The predicted octanol–water partition coefficient (Wildman–Crippen LogP) is 3.44. The number of aliphatic carboxylic acids is 4. The van der Waals surface area contributed by atoms with E-state index in [0.29, 0.717) is 0 Å². The van der Waals surface area contributed by atoms with E-state index in [0.717, 1.165) is 0 Å². The maximum atomic E-state index is 13.7. The lowest BCUT2D eigenvalue weighted by Crippen LogP contribution is -2.25. The zero-order valence-electron chi connectivity index (χ0n) is 41.4. The molecule has 32 heteroatoms. The number of carboxylic acid groups (broad SMARTS) is 4. The van der Waals surface area contributed by atoms with Crippen LogP contribution in [0.4, 0.5) is 0 Å². The van der Waals surface area contributed by atoms with Crippen molar-refractivity contribution < 1.29 is 73.3 Å². The SMILES string of the molecule is O=C(O)CCCNS(=O)(=O)c1ccc2c(c1)-c1nc-2nc2[nH]c(nc3nc(nc4[nH]c(n1)c1ccc(S(=O)(=O)NCCCC(=O)O)cc41)-c1ccc(S(=O)(=O)NCCCC(=O)O)cc1-3)c1ccc(S(=O)(=O)NCCCC(=O)O)cc21. The first-order valence-electron chi connectivity index (χ1n) is 24.1. The molecule has 0 amide bonds. The van der Waals surface area contributed by atoms with Gasteiger partial charge in [0, 0.05) is 95.7 Å². The van der Waals surface area contributed by atoms with Crippen LogP contribution in [0.3, 0.4) is 0 Å². The molecule has 9 rings (SSSR count). The van der Waals surface area contributed by atoms with E-state index in [1.54, 1.807) is 0 Å². The summed E-state index contributed by atoms with van der Waals surface area (Å²) in [5.41, 5.74) is 0.532. The highest BCUT2D eigenvalue weighted by Gasteiger charge is 2.28. The number of fused-ring (bicyclic) bond motifs is 20. The second-order valence-electron chi connectivity index (χ2n) is 18.0. The van der Waals surface area contributed by atoms with Gasteiger partial charge in [-0.15, -0.1) is 0 Å². The van der Waals surface area contributed by atoms with E-state index in [2.05, 4.69) is 28.9 Å². The molecule has 0 radical (unpaired) electrons. The number of nitrogens with zero attached hydrogens (tertiary/aromatic N) is 6. The number of H-pyrrole nitrogens is 2. The molecule has 0 saturated heterocycles. The smallest absolute Gasteiger partial charge is 0.303 e. The van der Waals surface area contributed by atoms with Gasteiger partial charge in [0.15, 0.2) is 23.3 Å². The fourth-order valence-electron chi connectivity index (χ4n) is 8.50. The summed E-state index contributed by atoms with van der Waals surface area (Å²) in [4.78, 5) is 78.6. The Kier molecular flexibility index (Phi) is 15.9. The first-order chi connectivity index (χ1) is 37.9. The minimum Gasteiger partial charge on any atom is -0.481 e. The summed E-state index contributed by atoms with van der Waals surface area (Å²) in [6, 6.07) is 15.7. The minimum atomic E-state index is -4.30. The Morgan fingerprint density at radius 2 is 0.613 bits per heavy atom. The quantitative estimate of drug-likeness (QED) is 0.0387. The second-order valence-corrected chi connectivity index (χ2v) is 25.1. The molecule has 418 valence electrons. The molecule has 4 aromatic carbocycles. The summed E-state index contributed by atoms with van der Waals surface area (Å²) in [7, 11) is -17.2. The predicted molar refractivity (Wildman–Crippen MR) is 284 cm³/mol. The zero-order valence-corrected chi connectivity index (χ0v) is 44.7. The van der Waals surface area contributed by atoms with Crippen molar-refractivity contribution in [2.45, 2.75) is 70.9 Å². The molecule has 0 atom stereocenters. The molecule has 2 aliphatic heterocycles. The highest BCUT2D eigenvalue weighted by atomic mass is 32.2. The Bertz CT molecular complexity index is 4100. The summed E-state index contributed by atoms with van der Waals surface area (Å²) < 4.78 is 119. The van der Waals surface area contributed by atoms with Gasteiger partial charge >= 0.3 is 23.9 Å². The van der Waals surface area contributed by atoms with Crippen LogP contribution in [-0.2, 0) is 59.3 Å². The molecule has 80 heavy (non-hydrogen) atoms. The number of hydrogen-bond donors (Lipinski definition) is 10. The van der Waals surface area contributed by atoms with Crippen LogP contribution in [0.2, 0.25) is 0 Å². The van der Waals surface area contributed by atoms with Crippen molar-refractivity contribution in [1.82, 2.24) is 58.8 Å². The van der Waals surface area contributed by atoms with Crippen LogP contribution in [0.5, 0.6) is 0 Å². The number of aromatic amines is 2. The number of rotatable bonds is 24. The molecule has 8 bridgehead atoms. The van der Waals surface area contributed by atoms with Gasteiger partial charge in [0.2, 0.25) is 40.1 Å². The fraction of sp³-hybridized carbons (Fsp3) is 0.250. The van der Waals surface area contributed by atoms with Gasteiger partial charge in [-0.2, -0.15) is 0 Å². The Balaban J connectivity index is 1.32. The van der Waals surface area contributed by atoms with E-state index in [4.69, 9.17) is 50.3 Å². The Morgan fingerprint density at radius 1 is 0.350 bits per heavy atom. The fourth-order valence-corrected chi connectivity index (χ4v) is 12.9. The largest absolute Gasteiger partial charge is 0.481 e. The molecule has 0 unspecified atom stereocenters. The molecule has 10 N–H and O–H groups in total. The van der Waals surface area contributed by atoms with Crippen molar-refractivity contribution in [2.24, 2.45) is 0 Å². The molecule has 0 aliphatic carbocycles. The molecule has 0 spiro atoms. The van der Waals surface area contributed by atoms with E-state index in [1.807, 2.05) is 0 Å². The molecular formula is C48H46N12O16S4. The number of benzene rings is 4. The molecule has 7 aromatic rings. The lowest BCUT2D eigenvalue weighted by molar-refractivity contribution is -0.138. The maximum absolute atomic E-state index is 13.7. The van der Waals surface area contributed by atoms with Crippen LogP contribution in [0.1, 0.15) is 51.4 Å². The summed E-state index contributed by atoms with van der Waals surface area (Å²) >= 11 is 0. The number of nitrogens with one attached hydrogen (secondary N) is 6. The average molecular weight is 1180 g/mol. The zero-order chi connectivity index (χ0) is 57.3. The third-order valence-corrected chi connectivity index (χ3v) is 18.2. The van der Waals surface area contributed by atoms with Gasteiger partial charge < -0.3 is 30.4 Å². The summed E-state index contributed by atoms with van der Waals surface area (Å²) in [5.74, 6) is -4.96. The van der Waals surface area contributed by atoms with Crippen LogP contribution in [-0.4, -0.2) is 144 Å². The summed E-state index contributed by atoms with van der Waals surface area (Å²) in [6.45, 7) is -0.865. The van der Waals surface area contributed by atoms with Gasteiger partial charge in [-0.3, -0.25) is 19.2 Å². The molecule has 0 saturated carbocycles. The number of carbonyl (C=O) groups is 4. The van der Waals surface area contributed by atoms with E-state index in [-0.39, 0.29) is 187 Å². The number of carboxylic acids is 4. The Labute approximate surface area is 453 Å². The topological polar surface area (TPSA) is 443 Å². The Hall–Kier alpha value is -8.24.